The van der Waals surface area contributed by atoms with Gasteiger partial charge in [-0.05, 0) is 80.5 Å². The molecule has 4 fully saturated rings. The molecule has 1 aliphatic carbocycles. The molecule has 1 saturated carbocycles. The quantitative estimate of drug-likeness (QED) is 0.238. The minimum Gasteiger partial charge on any atom is -0.495 e. The Morgan fingerprint density at radius 1 is 0.969 bits per heavy atom. The number of imide groups is 2. The number of ether oxygens (including phenoxy) is 1. The molecule has 65 heavy (non-hydrogen) atoms. The zero-order valence-electron chi connectivity index (χ0n) is 36.5. The van der Waals surface area contributed by atoms with Gasteiger partial charge in [-0.25, -0.2) is 9.99 Å². The summed E-state index contributed by atoms with van der Waals surface area (Å²) in [6, 6.07) is 9.23. The monoisotopic (exact) mass is 897 g/mol. The molecular weight excluding hydrogens is 845 g/mol. The Hall–Kier alpha value is -6.28. The van der Waals surface area contributed by atoms with Gasteiger partial charge < -0.3 is 24.8 Å². The second-order valence-corrected chi connectivity index (χ2v) is 17.8. The number of anilines is 5. The van der Waals surface area contributed by atoms with Crippen molar-refractivity contribution < 1.29 is 42.3 Å². The number of aromatic nitrogens is 2. The second-order valence-electron chi connectivity index (χ2n) is 17.8. The van der Waals surface area contributed by atoms with Crippen LogP contribution < -0.4 is 35.5 Å². The van der Waals surface area contributed by atoms with Gasteiger partial charge >= 0.3 is 5.92 Å². The summed E-state index contributed by atoms with van der Waals surface area (Å²) >= 11 is 0. The molecule has 3 saturated heterocycles. The fourth-order valence-corrected chi connectivity index (χ4v) is 10.1. The van der Waals surface area contributed by atoms with Gasteiger partial charge in [0.1, 0.15) is 17.5 Å². The highest BCUT2D eigenvalue weighted by atomic mass is 19.3. The number of nitrogens with zero attached hydrogens (tertiary/aromatic N) is 8. The third kappa shape index (κ3) is 8.80. The number of halogens is 2. The number of methoxy groups -OCH3 is 1. The lowest BCUT2D eigenvalue weighted by molar-refractivity contribution is -0.143. The number of alkyl halides is 2. The van der Waals surface area contributed by atoms with Crippen LogP contribution in [0.25, 0.3) is 0 Å². The smallest absolute Gasteiger partial charge is 0.342 e. The molecule has 18 nitrogen and oxygen atoms in total. The number of benzene rings is 2. The van der Waals surface area contributed by atoms with Crippen LogP contribution in [0.3, 0.4) is 0 Å². The van der Waals surface area contributed by atoms with E-state index in [1.807, 2.05) is 17.1 Å². The van der Waals surface area contributed by atoms with E-state index in [-0.39, 0.29) is 48.7 Å². The number of amides is 6. The Balaban J connectivity index is 0.764. The van der Waals surface area contributed by atoms with Gasteiger partial charge in [-0.2, -0.15) is 13.8 Å². The van der Waals surface area contributed by atoms with Gasteiger partial charge in [-0.1, -0.05) is 18.9 Å². The van der Waals surface area contributed by atoms with Gasteiger partial charge in [0.2, 0.25) is 23.7 Å². The molecule has 3 N–H and O–H groups in total. The Kier molecular flexibility index (Phi) is 12.1. The third-order valence-electron chi connectivity index (χ3n) is 13.7. The number of rotatable bonds is 11. The van der Waals surface area contributed by atoms with Gasteiger partial charge in [0, 0.05) is 75.6 Å². The molecule has 0 bridgehead atoms. The first-order chi connectivity index (χ1) is 31.3. The predicted octanol–water partition coefficient (Wildman–Crippen LogP) is 3.10. The molecule has 2 unspecified atom stereocenters. The topological polar surface area (TPSA) is 193 Å². The first-order valence-corrected chi connectivity index (χ1v) is 22.4. The van der Waals surface area contributed by atoms with Gasteiger partial charge in [0.05, 0.1) is 32.0 Å². The first kappa shape index (κ1) is 43.9. The summed E-state index contributed by atoms with van der Waals surface area (Å²) in [6.45, 7) is 4.60. The average Bonchev–Trinajstić information content (AvgIpc) is 4.00. The van der Waals surface area contributed by atoms with Crippen LogP contribution in [0.5, 0.6) is 5.75 Å². The number of hydrazine groups is 1. The maximum absolute atomic E-state index is 15.1. The average molecular weight is 898 g/mol. The molecule has 6 aliphatic rings. The molecule has 344 valence electrons. The number of nitrogens with one attached hydrogen (secondary N) is 3. The molecule has 2 atom stereocenters. The SMILES string of the molecule is COc1cc(C(=O)NN2CCC(CCN3CCN(c4cccc5c4CC(=O)N(C4CCC(=O)NC4=O)C5=O)CC3)C2)ccc1Nc1ncc2c(n1)N(C1CCCC1)CC(F)(F)C(=O)N2C. The summed E-state index contributed by atoms with van der Waals surface area (Å²) in [6.07, 6.45) is 6.73. The predicted molar refractivity (Wildman–Crippen MR) is 234 cm³/mol. The van der Waals surface area contributed by atoms with E-state index in [0.717, 1.165) is 86.7 Å². The van der Waals surface area contributed by atoms with E-state index >= 15 is 8.78 Å². The summed E-state index contributed by atoms with van der Waals surface area (Å²) in [7, 11) is 2.79. The van der Waals surface area contributed by atoms with Gasteiger partial charge in [-0.15, -0.1) is 0 Å². The molecule has 0 radical (unpaired) electrons. The van der Waals surface area contributed by atoms with Crippen molar-refractivity contribution in [2.45, 2.75) is 75.8 Å². The number of hydrogen-bond acceptors (Lipinski definition) is 14. The van der Waals surface area contributed by atoms with E-state index in [1.54, 1.807) is 29.2 Å². The standard InChI is InChI=1S/C45H53F2N11O7/c1-53-35-24-48-44(51-39(35)57(29-6-3-4-7-29)26-45(46,47)43(53)64)49-32-11-10-28(22-36(32)65-2)40(61)52-56-17-15-27(25-56)14-16-54-18-20-55(21-19-54)33-9-5-8-30-31(33)23-38(60)58(42(30)63)34-12-13-37(59)50-41(34)62/h5,8-11,22,24,27,29,34H,3-4,6-7,12-21,23,25-26H2,1-2H3,(H,52,61)(H,48,49,51)(H,50,59,62). The van der Waals surface area contributed by atoms with Crippen LogP contribution in [0.1, 0.15) is 77.6 Å². The van der Waals surface area contributed by atoms with Gasteiger partial charge in [0.25, 0.3) is 17.7 Å². The third-order valence-corrected chi connectivity index (χ3v) is 13.7. The van der Waals surface area contributed by atoms with Crippen molar-refractivity contribution in [3.8, 4) is 5.75 Å². The molecule has 20 heteroatoms. The van der Waals surface area contributed by atoms with Crippen LogP contribution in [0, 0.1) is 5.92 Å². The van der Waals surface area contributed by atoms with Crippen LogP contribution in [0.2, 0.25) is 0 Å². The highest BCUT2D eigenvalue weighted by Gasteiger charge is 2.49. The highest BCUT2D eigenvalue weighted by Crippen LogP contribution is 2.40. The zero-order valence-corrected chi connectivity index (χ0v) is 36.5. The molecule has 5 aliphatic heterocycles. The van der Waals surface area contributed by atoms with E-state index in [0.29, 0.717) is 47.1 Å². The normalized spacial score (nSPS) is 23.0. The Morgan fingerprint density at radius 3 is 2.51 bits per heavy atom. The van der Waals surface area contributed by atoms with Crippen LogP contribution in [-0.4, -0.2) is 145 Å². The fraction of sp³-hybridized carbons (Fsp3) is 0.511. The number of piperazine rings is 1. The first-order valence-electron chi connectivity index (χ1n) is 22.4. The van der Waals surface area contributed by atoms with E-state index in [2.05, 4.69) is 35.8 Å². The lowest BCUT2D eigenvalue weighted by Gasteiger charge is -2.39. The minimum atomic E-state index is -3.59. The number of carbonyl (C=O) groups is 6. The van der Waals surface area contributed by atoms with Gasteiger partial charge in [0.15, 0.2) is 5.82 Å². The van der Waals surface area contributed by atoms with Crippen molar-refractivity contribution in [2.24, 2.45) is 5.92 Å². The van der Waals surface area contributed by atoms with Gasteiger partial charge in [-0.3, -0.25) is 49.3 Å². The van der Waals surface area contributed by atoms with E-state index in [4.69, 9.17) is 4.74 Å². The molecule has 3 aromatic rings. The molecule has 6 heterocycles. The minimum absolute atomic E-state index is 0.00316. The van der Waals surface area contributed by atoms with Crippen LogP contribution >= 0.6 is 0 Å². The lowest BCUT2D eigenvalue weighted by Crippen LogP contribution is -2.58. The fourth-order valence-electron chi connectivity index (χ4n) is 10.1. The number of hydrogen-bond donors (Lipinski definition) is 3. The molecule has 0 spiro atoms. The summed E-state index contributed by atoms with van der Waals surface area (Å²) in [5.74, 6) is -6.03. The number of piperidine rings is 1. The molecular formula is C45H53F2N11O7. The summed E-state index contributed by atoms with van der Waals surface area (Å²) < 4.78 is 35.8. The summed E-state index contributed by atoms with van der Waals surface area (Å²) in [5, 5.41) is 7.31. The Labute approximate surface area is 374 Å². The highest BCUT2D eigenvalue weighted by molar-refractivity contribution is 6.14. The summed E-state index contributed by atoms with van der Waals surface area (Å²) in [5.41, 5.74) is 6.03. The van der Waals surface area contributed by atoms with E-state index < -0.39 is 48.0 Å². The van der Waals surface area contributed by atoms with E-state index in [1.165, 1.54) is 20.4 Å². The summed E-state index contributed by atoms with van der Waals surface area (Å²) in [4.78, 5) is 94.3. The van der Waals surface area contributed by atoms with Crippen LogP contribution in [0.15, 0.2) is 42.6 Å². The van der Waals surface area contributed by atoms with Crippen molar-refractivity contribution in [1.29, 1.82) is 0 Å². The Morgan fingerprint density at radius 2 is 1.75 bits per heavy atom. The van der Waals surface area contributed by atoms with Crippen LogP contribution in [-0.2, 0) is 25.6 Å². The van der Waals surface area contributed by atoms with Crippen molar-refractivity contribution >= 4 is 64.3 Å². The number of carbonyl (C=O) groups excluding carboxylic acids is 6. The maximum atomic E-state index is 15.1. The second kappa shape index (κ2) is 17.9. The zero-order chi connectivity index (χ0) is 45.6. The van der Waals surface area contributed by atoms with Crippen molar-refractivity contribution in [1.82, 2.24) is 35.5 Å². The van der Waals surface area contributed by atoms with Crippen molar-refractivity contribution in [3.05, 3.63) is 59.3 Å². The van der Waals surface area contributed by atoms with Crippen molar-refractivity contribution in [3.63, 3.8) is 0 Å². The van der Waals surface area contributed by atoms with Crippen molar-refractivity contribution in [2.75, 3.05) is 86.5 Å². The van der Waals surface area contributed by atoms with E-state index in [9.17, 15) is 28.8 Å². The molecule has 6 amide bonds. The molecule has 1 aromatic heterocycles. The van der Waals surface area contributed by atoms with Crippen LogP contribution in [0.4, 0.5) is 37.6 Å². The Bertz CT molecular complexity index is 2410. The maximum Gasteiger partial charge on any atom is 0.342 e. The largest absolute Gasteiger partial charge is 0.495 e. The number of fused-ring (bicyclic) bond motifs is 2. The lowest BCUT2D eigenvalue weighted by atomic mass is 9.92. The molecule has 2 aromatic carbocycles. The molecule has 9 rings (SSSR count).